The highest BCUT2D eigenvalue weighted by Crippen LogP contribution is 2.48. The van der Waals surface area contributed by atoms with Crippen molar-refractivity contribution in [2.75, 3.05) is 20.3 Å². The van der Waals surface area contributed by atoms with Crippen LogP contribution in [0.1, 0.15) is 39.7 Å². The Hall–Kier alpha value is -2.58. The molecule has 0 bridgehead atoms. The number of carbonyl (C=O) groups excluding carboxylic acids is 1. The first-order valence-electron chi connectivity index (χ1n) is 12.0. The van der Waals surface area contributed by atoms with E-state index in [0.717, 1.165) is 12.1 Å². The maximum Gasteiger partial charge on any atom is 0.334 e. The van der Waals surface area contributed by atoms with E-state index >= 15 is 0 Å². The van der Waals surface area contributed by atoms with Crippen molar-refractivity contribution in [1.82, 2.24) is 15.0 Å². The van der Waals surface area contributed by atoms with Crippen LogP contribution in [0.25, 0.3) is 11.3 Å². The summed E-state index contributed by atoms with van der Waals surface area (Å²) >= 11 is 0. The number of hydrogen-bond acceptors (Lipinski definition) is 9. The van der Waals surface area contributed by atoms with E-state index in [-0.39, 0.29) is 17.9 Å². The number of aromatic nitrogens is 3. The second-order valence-electron chi connectivity index (χ2n) is 9.76. The monoisotopic (exact) mass is 527 g/mol. The van der Waals surface area contributed by atoms with Crippen molar-refractivity contribution in [3.8, 4) is 11.3 Å². The van der Waals surface area contributed by atoms with Crippen LogP contribution < -0.4 is 0 Å². The topological polar surface area (TPSA) is 103 Å². The van der Waals surface area contributed by atoms with Gasteiger partial charge in [-0.15, -0.1) is 5.10 Å². The molecule has 0 N–H and O–H groups in total. The van der Waals surface area contributed by atoms with Gasteiger partial charge in [0.05, 0.1) is 26.5 Å². The average molecular weight is 527 g/mol. The molecular formula is C24H28F3N3O7. The molecule has 0 aliphatic carbocycles. The molecule has 1 unspecified atom stereocenters. The molecule has 0 saturated carbocycles. The molecule has 13 heteroatoms. The van der Waals surface area contributed by atoms with E-state index in [9.17, 15) is 18.0 Å². The third-order valence-corrected chi connectivity index (χ3v) is 6.81. The number of benzene rings is 1. The highest BCUT2D eigenvalue weighted by Gasteiger charge is 2.62. The third kappa shape index (κ3) is 4.74. The summed E-state index contributed by atoms with van der Waals surface area (Å²) in [6.45, 7) is 5.64. The van der Waals surface area contributed by atoms with Crippen LogP contribution in [0.15, 0.2) is 18.3 Å². The molecule has 3 saturated heterocycles. The maximum atomic E-state index is 13.9. The van der Waals surface area contributed by atoms with Gasteiger partial charge in [-0.3, -0.25) is 0 Å². The Kier molecular flexibility index (Phi) is 6.77. The summed E-state index contributed by atoms with van der Waals surface area (Å²) in [5.74, 6) is -7.10. The summed E-state index contributed by atoms with van der Waals surface area (Å²) in [7, 11) is 1.25. The van der Waals surface area contributed by atoms with Crippen LogP contribution in [-0.4, -0.2) is 77.3 Å². The second kappa shape index (κ2) is 9.62. The van der Waals surface area contributed by atoms with Gasteiger partial charge in [-0.1, -0.05) is 5.21 Å². The van der Waals surface area contributed by atoms with Crippen molar-refractivity contribution in [2.45, 2.75) is 75.6 Å². The summed E-state index contributed by atoms with van der Waals surface area (Å²) in [5, 5.41) is 8.28. The lowest BCUT2D eigenvalue weighted by Gasteiger charge is -2.54. The lowest BCUT2D eigenvalue weighted by Crippen LogP contribution is -2.67. The van der Waals surface area contributed by atoms with Gasteiger partial charge in [0, 0.05) is 12.0 Å². The molecule has 0 radical (unpaired) electrons. The van der Waals surface area contributed by atoms with E-state index in [1.807, 2.05) is 0 Å². The van der Waals surface area contributed by atoms with Crippen molar-refractivity contribution in [3.63, 3.8) is 0 Å². The predicted molar refractivity (Wildman–Crippen MR) is 118 cm³/mol. The van der Waals surface area contributed by atoms with Crippen LogP contribution >= 0.6 is 0 Å². The Morgan fingerprint density at radius 3 is 2.57 bits per heavy atom. The number of halogens is 3. The normalized spacial score (nSPS) is 31.8. The van der Waals surface area contributed by atoms with Crippen molar-refractivity contribution in [1.29, 1.82) is 0 Å². The molecule has 0 amide bonds. The molecule has 37 heavy (non-hydrogen) atoms. The van der Waals surface area contributed by atoms with Gasteiger partial charge in [0.1, 0.15) is 30.0 Å². The van der Waals surface area contributed by atoms with Crippen molar-refractivity contribution in [3.05, 3.63) is 35.8 Å². The highest BCUT2D eigenvalue weighted by atomic mass is 19.2. The Balaban J connectivity index is 1.59. The van der Waals surface area contributed by atoms with Gasteiger partial charge in [0.2, 0.25) is 0 Å². The molecule has 3 fully saturated rings. The van der Waals surface area contributed by atoms with E-state index in [0.29, 0.717) is 19.4 Å². The van der Waals surface area contributed by atoms with Crippen LogP contribution in [0.2, 0.25) is 0 Å². The van der Waals surface area contributed by atoms with Crippen LogP contribution in [0, 0.1) is 17.5 Å². The molecule has 1 aromatic carbocycles. The second-order valence-corrected chi connectivity index (χ2v) is 9.76. The Morgan fingerprint density at radius 1 is 1.19 bits per heavy atom. The van der Waals surface area contributed by atoms with E-state index < -0.39 is 65.5 Å². The van der Waals surface area contributed by atoms with Crippen LogP contribution in [0.3, 0.4) is 0 Å². The molecule has 1 aromatic heterocycles. The number of esters is 1. The van der Waals surface area contributed by atoms with Gasteiger partial charge in [0.15, 0.2) is 35.1 Å². The lowest BCUT2D eigenvalue weighted by atomic mass is 9.87. The first-order chi connectivity index (χ1) is 17.5. The lowest BCUT2D eigenvalue weighted by molar-refractivity contribution is -0.405. The van der Waals surface area contributed by atoms with Crippen LogP contribution in [-0.2, 0) is 33.2 Å². The van der Waals surface area contributed by atoms with E-state index in [4.69, 9.17) is 28.4 Å². The summed E-state index contributed by atoms with van der Waals surface area (Å²) in [6.07, 6.45) is -0.592. The number of carbonyl (C=O) groups is 1. The Bertz CT molecular complexity index is 1150. The molecule has 202 valence electrons. The molecule has 6 atom stereocenters. The number of nitrogens with zero attached hydrogens (tertiary/aromatic N) is 3. The fourth-order valence-corrected chi connectivity index (χ4v) is 5.09. The summed E-state index contributed by atoms with van der Waals surface area (Å²) < 4.78 is 78.4. The number of fused-ring (bicyclic) bond motifs is 1. The SMILES string of the molecule is COC(=O)C(C)O[C@@H]1[C@@H](n2cc(-c3cc(F)c(F)c(F)c3)nn2)[C@H]2OC(C)(C)OC[C@H]2O[C@@]12CCCO2. The van der Waals surface area contributed by atoms with E-state index in [1.54, 1.807) is 20.8 Å². The van der Waals surface area contributed by atoms with Gasteiger partial charge in [0.25, 0.3) is 0 Å². The minimum atomic E-state index is -1.58. The number of methoxy groups -OCH3 is 1. The fourth-order valence-electron chi connectivity index (χ4n) is 5.09. The zero-order valence-corrected chi connectivity index (χ0v) is 20.8. The average Bonchev–Trinajstić information content (AvgIpc) is 3.53. The Morgan fingerprint density at radius 2 is 1.92 bits per heavy atom. The first kappa shape index (κ1) is 26.0. The molecular weight excluding hydrogens is 499 g/mol. The van der Waals surface area contributed by atoms with Gasteiger partial charge in [-0.25, -0.2) is 22.6 Å². The van der Waals surface area contributed by atoms with E-state index in [1.165, 1.54) is 18.0 Å². The molecule has 3 aliphatic rings. The van der Waals surface area contributed by atoms with Crippen molar-refractivity contribution >= 4 is 5.97 Å². The summed E-state index contributed by atoms with van der Waals surface area (Å²) in [6, 6.07) is 0.911. The fraction of sp³-hybridized carbons (Fsp3) is 0.625. The zero-order chi connectivity index (χ0) is 26.5. The zero-order valence-electron chi connectivity index (χ0n) is 20.8. The number of hydrogen-bond donors (Lipinski definition) is 0. The van der Waals surface area contributed by atoms with Crippen LogP contribution in [0.5, 0.6) is 0 Å². The Labute approximate surface area is 210 Å². The molecule has 5 rings (SSSR count). The standard InChI is InChI=1S/C24H28F3N3O7/c1-12(22(31)32-4)35-21-19(30-10-16(28-29-30)13-8-14(25)18(27)15(26)9-13)20-17(11-34-23(2,3)37-20)36-24(21)6-5-7-33-24/h8-10,12,17,19-21H,5-7,11H2,1-4H3/t12?,17-,19+,20+,21-,24+/m1/s1. The highest BCUT2D eigenvalue weighted by molar-refractivity contribution is 5.74. The third-order valence-electron chi connectivity index (χ3n) is 6.81. The quantitative estimate of drug-likeness (QED) is 0.429. The maximum absolute atomic E-state index is 13.9. The molecule has 4 heterocycles. The summed E-state index contributed by atoms with van der Waals surface area (Å²) in [4.78, 5) is 12.3. The van der Waals surface area contributed by atoms with Gasteiger partial charge >= 0.3 is 5.97 Å². The van der Waals surface area contributed by atoms with Crippen LogP contribution in [0.4, 0.5) is 13.2 Å². The van der Waals surface area contributed by atoms with Crippen molar-refractivity contribution < 1.29 is 46.4 Å². The first-order valence-corrected chi connectivity index (χ1v) is 12.0. The largest absolute Gasteiger partial charge is 0.467 e. The van der Waals surface area contributed by atoms with Gasteiger partial charge < -0.3 is 28.4 Å². The number of rotatable bonds is 5. The minimum Gasteiger partial charge on any atom is -0.467 e. The molecule has 1 spiro atoms. The minimum absolute atomic E-state index is 0.00767. The van der Waals surface area contributed by atoms with Gasteiger partial charge in [-0.2, -0.15) is 0 Å². The molecule has 3 aliphatic heterocycles. The molecule has 2 aromatic rings. The summed E-state index contributed by atoms with van der Waals surface area (Å²) in [5.41, 5.74) is 0.0834. The molecule has 10 nitrogen and oxygen atoms in total. The van der Waals surface area contributed by atoms with Crippen molar-refractivity contribution in [2.24, 2.45) is 0 Å². The smallest absolute Gasteiger partial charge is 0.334 e. The number of ether oxygens (including phenoxy) is 6. The predicted octanol–water partition coefficient (Wildman–Crippen LogP) is 2.91. The van der Waals surface area contributed by atoms with E-state index in [2.05, 4.69) is 10.3 Å². The van der Waals surface area contributed by atoms with Gasteiger partial charge in [-0.05, 0) is 39.3 Å².